The molecule has 2 N–H and O–H groups in total. The summed E-state index contributed by atoms with van der Waals surface area (Å²) in [5.74, 6) is -0.310. The van der Waals surface area contributed by atoms with Crippen LogP contribution in [-0.4, -0.2) is 29.9 Å². The van der Waals surface area contributed by atoms with Crippen LogP contribution in [0.4, 0.5) is 0 Å². The molecule has 0 aliphatic rings. The van der Waals surface area contributed by atoms with Crippen LogP contribution in [0.1, 0.15) is 12.5 Å². The SMILES string of the molecule is CC(=O)NCCNC(=O)/C=C/c1cccc2cccnc12. The van der Waals surface area contributed by atoms with Gasteiger partial charge in [0, 0.05) is 43.2 Å². The van der Waals surface area contributed by atoms with Crippen LogP contribution in [0, 0.1) is 0 Å². The third-order valence-corrected chi connectivity index (χ3v) is 2.88. The number of carbonyl (C=O) groups is 2. The third-order valence-electron chi connectivity index (χ3n) is 2.88. The van der Waals surface area contributed by atoms with Crippen molar-refractivity contribution in [1.82, 2.24) is 15.6 Å². The Morgan fingerprint density at radius 3 is 2.71 bits per heavy atom. The van der Waals surface area contributed by atoms with Crippen molar-refractivity contribution < 1.29 is 9.59 Å². The predicted octanol–water partition coefficient (Wildman–Crippen LogP) is 1.50. The monoisotopic (exact) mass is 283 g/mol. The number of rotatable bonds is 5. The molecule has 1 aromatic carbocycles. The molecule has 2 amide bonds. The van der Waals surface area contributed by atoms with Crippen molar-refractivity contribution in [3.8, 4) is 0 Å². The van der Waals surface area contributed by atoms with Crippen LogP contribution in [0.25, 0.3) is 17.0 Å². The molecule has 1 aromatic heterocycles. The largest absolute Gasteiger partial charge is 0.355 e. The van der Waals surface area contributed by atoms with E-state index < -0.39 is 0 Å². The van der Waals surface area contributed by atoms with Crippen LogP contribution < -0.4 is 10.6 Å². The number of nitrogens with one attached hydrogen (secondary N) is 2. The van der Waals surface area contributed by atoms with Crippen LogP contribution in [0.2, 0.25) is 0 Å². The minimum atomic E-state index is -0.201. The van der Waals surface area contributed by atoms with Crippen LogP contribution >= 0.6 is 0 Å². The maximum atomic E-state index is 11.7. The van der Waals surface area contributed by atoms with Gasteiger partial charge in [0.2, 0.25) is 11.8 Å². The average Bonchev–Trinajstić information content (AvgIpc) is 2.49. The molecule has 0 fully saturated rings. The van der Waals surface area contributed by atoms with Crippen molar-refractivity contribution in [2.45, 2.75) is 6.92 Å². The summed E-state index contributed by atoms with van der Waals surface area (Å²) < 4.78 is 0. The maximum Gasteiger partial charge on any atom is 0.244 e. The first-order valence-electron chi connectivity index (χ1n) is 6.71. The Bertz CT molecular complexity index is 675. The molecule has 0 saturated carbocycles. The highest BCUT2D eigenvalue weighted by Crippen LogP contribution is 2.16. The smallest absolute Gasteiger partial charge is 0.244 e. The zero-order valence-corrected chi connectivity index (χ0v) is 11.8. The fraction of sp³-hybridized carbons (Fsp3) is 0.188. The summed E-state index contributed by atoms with van der Waals surface area (Å²) in [7, 11) is 0. The van der Waals surface area contributed by atoms with Gasteiger partial charge in [-0.05, 0) is 12.1 Å². The highest BCUT2D eigenvalue weighted by Gasteiger charge is 1.99. The molecule has 2 aromatic rings. The number of carbonyl (C=O) groups excluding carboxylic acids is 2. The van der Waals surface area contributed by atoms with Gasteiger partial charge in [0.15, 0.2) is 0 Å². The number of para-hydroxylation sites is 1. The first kappa shape index (κ1) is 14.7. The molecule has 0 aliphatic carbocycles. The van der Waals surface area contributed by atoms with E-state index >= 15 is 0 Å². The minimum Gasteiger partial charge on any atom is -0.355 e. The van der Waals surface area contributed by atoms with Gasteiger partial charge in [0.25, 0.3) is 0 Å². The highest BCUT2D eigenvalue weighted by molar-refractivity contribution is 5.95. The molecule has 5 nitrogen and oxygen atoms in total. The number of aromatic nitrogens is 1. The van der Waals surface area contributed by atoms with Crippen molar-refractivity contribution in [2.24, 2.45) is 0 Å². The summed E-state index contributed by atoms with van der Waals surface area (Å²) in [4.78, 5) is 26.7. The summed E-state index contributed by atoms with van der Waals surface area (Å²) in [6, 6.07) is 9.68. The van der Waals surface area contributed by atoms with Gasteiger partial charge in [-0.3, -0.25) is 14.6 Å². The maximum absolute atomic E-state index is 11.7. The van der Waals surface area contributed by atoms with Crippen molar-refractivity contribution in [3.05, 3.63) is 48.2 Å². The highest BCUT2D eigenvalue weighted by atomic mass is 16.2. The fourth-order valence-electron chi connectivity index (χ4n) is 1.91. The Morgan fingerprint density at radius 2 is 1.90 bits per heavy atom. The van der Waals surface area contributed by atoms with E-state index in [1.165, 1.54) is 13.0 Å². The van der Waals surface area contributed by atoms with Gasteiger partial charge in [-0.25, -0.2) is 0 Å². The molecule has 0 aliphatic heterocycles. The van der Waals surface area contributed by atoms with E-state index in [-0.39, 0.29) is 11.8 Å². The summed E-state index contributed by atoms with van der Waals surface area (Å²) in [6.45, 7) is 2.26. The van der Waals surface area contributed by atoms with Crippen molar-refractivity contribution in [3.63, 3.8) is 0 Å². The number of pyridine rings is 1. The average molecular weight is 283 g/mol. The number of hydrogen-bond acceptors (Lipinski definition) is 3. The predicted molar refractivity (Wildman–Crippen MR) is 82.5 cm³/mol. The second-order valence-electron chi connectivity index (χ2n) is 4.53. The zero-order valence-electron chi connectivity index (χ0n) is 11.8. The molecule has 0 unspecified atom stereocenters. The van der Waals surface area contributed by atoms with Crippen molar-refractivity contribution >= 4 is 28.8 Å². The molecular formula is C16H17N3O2. The number of amides is 2. The Hall–Kier alpha value is -2.69. The van der Waals surface area contributed by atoms with Gasteiger partial charge >= 0.3 is 0 Å². The molecule has 1 heterocycles. The van der Waals surface area contributed by atoms with Gasteiger partial charge < -0.3 is 10.6 Å². The van der Waals surface area contributed by atoms with E-state index in [1.807, 2.05) is 30.3 Å². The van der Waals surface area contributed by atoms with E-state index in [1.54, 1.807) is 12.3 Å². The Labute approximate surface area is 123 Å². The van der Waals surface area contributed by atoms with E-state index in [4.69, 9.17) is 0 Å². The van der Waals surface area contributed by atoms with E-state index in [0.717, 1.165) is 16.5 Å². The van der Waals surface area contributed by atoms with Crippen LogP contribution in [0.5, 0.6) is 0 Å². The Morgan fingerprint density at radius 1 is 1.14 bits per heavy atom. The minimum absolute atomic E-state index is 0.110. The number of benzene rings is 1. The van der Waals surface area contributed by atoms with Crippen molar-refractivity contribution in [2.75, 3.05) is 13.1 Å². The lowest BCUT2D eigenvalue weighted by Crippen LogP contribution is -2.32. The second-order valence-corrected chi connectivity index (χ2v) is 4.53. The molecule has 0 spiro atoms. The van der Waals surface area contributed by atoms with E-state index in [2.05, 4.69) is 15.6 Å². The van der Waals surface area contributed by atoms with Gasteiger partial charge in [0.1, 0.15) is 0 Å². The Balaban J connectivity index is 1.96. The van der Waals surface area contributed by atoms with Gasteiger partial charge in [-0.15, -0.1) is 0 Å². The zero-order chi connectivity index (χ0) is 15.1. The third kappa shape index (κ3) is 4.42. The number of fused-ring (bicyclic) bond motifs is 1. The molecule has 0 saturated heterocycles. The summed E-state index contributed by atoms with van der Waals surface area (Å²) in [6.07, 6.45) is 4.94. The first-order chi connectivity index (χ1) is 10.2. The van der Waals surface area contributed by atoms with Crippen LogP contribution in [-0.2, 0) is 9.59 Å². The van der Waals surface area contributed by atoms with Crippen LogP contribution in [0.15, 0.2) is 42.6 Å². The first-order valence-corrected chi connectivity index (χ1v) is 6.71. The number of nitrogens with zero attached hydrogens (tertiary/aromatic N) is 1. The molecule has 5 heteroatoms. The lowest BCUT2D eigenvalue weighted by Gasteiger charge is -2.03. The molecule has 0 bridgehead atoms. The molecule has 108 valence electrons. The quantitative estimate of drug-likeness (QED) is 0.645. The molecule has 0 atom stereocenters. The summed E-state index contributed by atoms with van der Waals surface area (Å²) in [5, 5.41) is 6.34. The van der Waals surface area contributed by atoms with E-state index in [9.17, 15) is 9.59 Å². The van der Waals surface area contributed by atoms with Crippen LogP contribution in [0.3, 0.4) is 0 Å². The topological polar surface area (TPSA) is 71.1 Å². The molecule has 21 heavy (non-hydrogen) atoms. The lowest BCUT2D eigenvalue weighted by atomic mass is 10.1. The Kier molecular flexibility index (Phi) is 5.04. The van der Waals surface area contributed by atoms with Crippen molar-refractivity contribution in [1.29, 1.82) is 0 Å². The normalized spacial score (nSPS) is 10.7. The van der Waals surface area contributed by atoms with Gasteiger partial charge in [-0.1, -0.05) is 24.3 Å². The molecular weight excluding hydrogens is 266 g/mol. The van der Waals surface area contributed by atoms with E-state index in [0.29, 0.717) is 13.1 Å². The summed E-state index contributed by atoms with van der Waals surface area (Å²) >= 11 is 0. The second kappa shape index (κ2) is 7.19. The summed E-state index contributed by atoms with van der Waals surface area (Å²) in [5.41, 5.74) is 1.76. The van der Waals surface area contributed by atoms with Gasteiger partial charge in [-0.2, -0.15) is 0 Å². The molecule has 2 rings (SSSR count). The standard InChI is InChI=1S/C16H17N3O2/c1-12(20)17-10-11-18-15(21)8-7-14-5-2-4-13-6-3-9-19-16(13)14/h2-9H,10-11H2,1H3,(H,17,20)(H,18,21)/b8-7+. The molecule has 0 radical (unpaired) electrons. The van der Waals surface area contributed by atoms with Gasteiger partial charge in [0.05, 0.1) is 5.52 Å². The lowest BCUT2D eigenvalue weighted by molar-refractivity contribution is -0.119. The fourth-order valence-corrected chi connectivity index (χ4v) is 1.91. The number of hydrogen-bond donors (Lipinski definition) is 2.